The first-order chi connectivity index (χ1) is 17.7. The predicted octanol–water partition coefficient (Wildman–Crippen LogP) is 7.69. The zero-order valence-electron chi connectivity index (χ0n) is 20.8. The standard InChI is InChI=1S/C34H30N2/c1-5-9-17-24(7-3)31-29-23-22-28-27(16-6-2)30(8-4)35-32(28)34(29)36(26-20-14-11-15-21-26)33(31)25-18-12-10-13-19-25/h5-23,35H,2-3H2,1,4H3/b9-5-,24-17+,27-16-,30-8+. The van der Waals surface area contributed by atoms with Crippen molar-refractivity contribution in [2.75, 3.05) is 0 Å². The van der Waals surface area contributed by atoms with Crippen LogP contribution in [0.3, 0.4) is 0 Å². The molecule has 0 atom stereocenters. The number of nitrogens with one attached hydrogen (secondary N) is 1. The number of H-pyrrole nitrogens is 1. The molecule has 0 saturated heterocycles. The molecular formula is C34H30N2. The molecule has 2 heteroatoms. The van der Waals surface area contributed by atoms with Crippen molar-refractivity contribution in [3.8, 4) is 16.9 Å². The Balaban J connectivity index is 2.10. The Morgan fingerprint density at radius 3 is 2.19 bits per heavy atom. The summed E-state index contributed by atoms with van der Waals surface area (Å²) in [5, 5.41) is 4.60. The SMILES string of the molecule is C=C/C=c1\c(=C/C)[nH]c2c1ccc1c(/C(C=C)=C/C=C\C)c(-c3ccccc3)n(-c3ccccc3)c12. The zero-order chi connectivity index (χ0) is 25.1. The molecule has 2 heterocycles. The molecule has 0 radical (unpaired) electrons. The lowest BCUT2D eigenvalue weighted by molar-refractivity contribution is 1.13. The first-order valence-corrected chi connectivity index (χ1v) is 12.3. The van der Waals surface area contributed by atoms with E-state index >= 15 is 0 Å². The average molecular weight is 467 g/mol. The van der Waals surface area contributed by atoms with Gasteiger partial charge in [0.15, 0.2) is 0 Å². The van der Waals surface area contributed by atoms with E-state index in [1.54, 1.807) is 0 Å². The van der Waals surface area contributed by atoms with Crippen molar-refractivity contribution in [2.24, 2.45) is 0 Å². The number of rotatable bonds is 6. The van der Waals surface area contributed by atoms with Crippen molar-refractivity contribution >= 4 is 39.5 Å². The van der Waals surface area contributed by atoms with E-state index in [9.17, 15) is 0 Å². The Labute approximate surface area is 212 Å². The van der Waals surface area contributed by atoms with E-state index in [4.69, 9.17) is 0 Å². The summed E-state index contributed by atoms with van der Waals surface area (Å²) in [6.45, 7) is 12.2. The molecule has 0 aliphatic carbocycles. The fraction of sp³-hybridized carbons (Fsp3) is 0.0588. The third-order valence-corrected chi connectivity index (χ3v) is 6.58. The van der Waals surface area contributed by atoms with Crippen LogP contribution in [0.5, 0.6) is 0 Å². The van der Waals surface area contributed by atoms with Crippen LogP contribution in [0.2, 0.25) is 0 Å². The van der Waals surface area contributed by atoms with Crippen LogP contribution < -0.4 is 10.6 Å². The van der Waals surface area contributed by atoms with Gasteiger partial charge in [0.2, 0.25) is 0 Å². The Morgan fingerprint density at radius 2 is 1.56 bits per heavy atom. The van der Waals surface area contributed by atoms with Crippen LogP contribution in [0.15, 0.2) is 116 Å². The quantitative estimate of drug-likeness (QED) is 0.248. The van der Waals surface area contributed by atoms with E-state index in [1.807, 2.05) is 25.2 Å². The molecular weight excluding hydrogens is 436 g/mol. The third-order valence-electron chi connectivity index (χ3n) is 6.58. The van der Waals surface area contributed by atoms with E-state index in [2.05, 4.69) is 127 Å². The molecule has 0 amide bonds. The summed E-state index contributed by atoms with van der Waals surface area (Å²) in [5.41, 5.74) is 7.91. The average Bonchev–Trinajstić information content (AvgIpc) is 3.46. The molecule has 5 rings (SSSR count). The van der Waals surface area contributed by atoms with Gasteiger partial charge in [-0.2, -0.15) is 0 Å². The number of para-hydroxylation sites is 1. The maximum absolute atomic E-state index is 4.19. The molecule has 0 aliphatic rings. The Kier molecular flexibility index (Phi) is 6.42. The molecule has 0 saturated carbocycles. The van der Waals surface area contributed by atoms with Crippen LogP contribution in [-0.2, 0) is 0 Å². The van der Waals surface area contributed by atoms with E-state index in [0.29, 0.717) is 0 Å². The van der Waals surface area contributed by atoms with Gasteiger partial charge in [-0.3, -0.25) is 0 Å². The van der Waals surface area contributed by atoms with Gasteiger partial charge in [0.1, 0.15) is 0 Å². The van der Waals surface area contributed by atoms with Crippen molar-refractivity contribution in [3.63, 3.8) is 0 Å². The van der Waals surface area contributed by atoms with Gasteiger partial charge in [-0.15, -0.1) is 0 Å². The van der Waals surface area contributed by atoms with Gasteiger partial charge in [-0.05, 0) is 37.1 Å². The molecule has 2 nitrogen and oxygen atoms in total. The van der Waals surface area contributed by atoms with Crippen molar-refractivity contribution in [1.82, 2.24) is 9.55 Å². The van der Waals surface area contributed by atoms with Crippen molar-refractivity contribution in [2.45, 2.75) is 13.8 Å². The number of fused-ring (bicyclic) bond motifs is 3. The van der Waals surface area contributed by atoms with Gasteiger partial charge in [0, 0.05) is 32.6 Å². The monoisotopic (exact) mass is 466 g/mol. The van der Waals surface area contributed by atoms with Crippen LogP contribution in [0.25, 0.3) is 56.5 Å². The van der Waals surface area contributed by atoms with E-state index in [0.717, 1.165) is 44.1 Å². The number of aromatic nitrogens is 2. The number of benzene rings is 3. The molecule has 1 N–H and O–H groups in total. The summed E-state index contributed by atoms with van der Waals surface area (Å²) < 4.78 is 2.39. The van der Waals surface area contributed by atoms with Gasteiger partial charge in [0.05, 0.1) is 16.7 Å². The van der Waals surface area contributed by atoms with E-state index in [-0.39, 0.29) is 0 Å². The fourth-order valence-electron chi connectivity index (χ4n) is 5.05. The summed E-state index contributed by atoms with van der Waals surface area (Å²) in [7, 11) is 0. The van der Waals surface area contributed by atoms with Gasteiger partial charge in [-0.1, -0.05) is 116 Å². The first-order valence-electron chi connectivity index (χ1n) is 12.3. The highest BCUT2D eigenvalue weighted by Crippen LogP contribution is 2.42. The number of hydrogen-bond donors (Lipinski definition) is 1. The van der Waals surface area contributed by atoms with Crippen LogP contribution in [0.4, 0.5) is 0 Å². The summed E-state index contributed by atoms with van der Waals surface area (Å²) in [6.07, 6.45) is 14.3. The number of aromatic amines is 1. The largest absolute Gasteiger partial charge is 0.353 e. The fourth-order valence-corrected chi connectivity index (χ4v) is 5.05. The summed E-state index contributed by atoms with van der Waals surface area (Å²) >= 11 is 0. The molecule has 36 heavy (non-hydrogen) atoms. The second-order valence-electron chi connectivity index (χ2n) is 8.64. The smallest absolute Gasteiger partial charge is 0.0783 e. The van der Waals surface area contributed by atoms with Crippen LogP contribution >= 0.6 is 0 Å². The van der Waals surface area contributed by atoms with Gasteiger partial charge >= 0.3 is 0 Å². The van der Waals surface area contributed by atoms with Crippen LogP contribution in [0.1, 0.15) is 19.4 Å². The van der Waals surface area contributed by atoms with Crippen molar-refractivity contribution in [3.05, 3.63) is 132 Å². The highest BCUT2D eigenvalue weighted by molar-refractivity contribution is 6.13. The second kappa shape index (κ2) is 9.97. The second-order valence-corrected chi connectivity index (χ2v) is 8.64. The van der Waals surface area contributed by atoms with Crippen molar-refractivity contribution in [1.29, 1.82) is 0 Å². The topological polar surface area (TPSA) is 20.7 Å². The van der Waals surface area contributed by atoms with Crippen LogP contribution in [0, 0.1) is 0 Å². The molecule has 5 aromatic rings. The Hall–Kier alpha value is -4.56. The molecule has 0 aliphatic heterocycles. The molecule has 0 unspecified atom stereocenters. The normalized spacial score (nSPS) is 13.3. The minimum atomic E-state index is 1.08. The highest BCUT2D eigenvalue weighted by Gasteiger charge is 2.23. The lowest BCUT2D eigenvalue weighted by Gasteiger charge is -2.13. The van der Waals surface area contributed by atoms with E-state index < -0.39 is 0 Å². The lowest BCUT2D eigenvalue weighted by Crippen LogP contribution is -2.21. The molecule has 176 valence electrons. The van der Waals surface area contributed by atoms with Gasteiger partial charge in [-0.25, -0.2) is 0 Å². The number of allylic oxidation sites excluding steroid dienone is 6. The van der Waals surface area contributed by atoms with E-state index in [1.165, 1.54) is 16.3 Å². The molecule has 0 bridgehead atoms. The van der Waals surface area contributed by atoms with Crippen molar-refractivity contribution < 1.29 is 0 Å². The zero-order valence-corrected chi connectivity index (χ0v) is 20.8. The molecule has 0 fully saturated rings. The summed E-state index contributed by atoms with van der Waals surface area (Å²) in [6, 6.07) is 25.7. The third kappa shape index (κ3) is 3.77. The maximum Gasteiger partial charge on any atom is 0.0783 e. The number of hydrogen-bond acceptors (Lipinski definition) is 0. The highest BCUT2D eigenvalue weighted by atomic mass is 15.0. The Morgan fingerprint density at radius 1 is 0.861 bits per heavy atom. The minimum absolute atomic E-state index is 1.08. The lowest BCUT2D eigenvalue weighted by atomic mass is 9.97. The molecule has 2 aromatic heterocycles. The van der Waals surface area contributed by atoms with Crippen LogP contribution in [-0.4, -0.2) is 9.55 Å². The Bertz CT molecular complexity index is 1760. The predicted molar refractivity (Wildman–Crippen MR) is 158 cm³/mol. The van der Waals surface area contributed by atoms with Gasteiger partial charge in [0.25, 0.3) is 0 Å². The summed E-state index contributed by atoms with van der Waals surface area (Å²) in [4.78, 5) is 3.73. The molecule has 0 spiro atoms. The maximum atomic E-state index is 4.19. The molecule has 3 aromatic carbocycles. The minimum Gasteiger partial charge on any atom is -0.353 e. The van der Waals surface area contributed by atoms with Gasteiger partial charge < -0.3 is 9.55 Å². The summed E-state index contributed by atoms with van der Waals surface area (Å²) in [5.74, 6) is 0. The number of nitrogens with zero attached hydrogens (tertiary/aromatic N) is 1. The first kappa shape index (κ1) is 23.2.